The average Bonchev–Trinajstić information content (AvgIpc) is 2.87. The molecular formula is C14H26N4O2. The van der Waals surface area contributed by atoms with E-state index in [-0.39, 0.29) is 17.1 Å². The van der Waals surface area contributed by atoms with Gasteiger partial charge in [-0.15, -0.1) is 5.10 Å². The van der Waals surface area contributed by atoms with Crippen molar-refractivity contribution in [3.8, 4) is 0 Å². The highest BCUT2D eigenvalue weighted by atomic mass is 16.5. The number of unbranched alkanes of at least 4 members (excludes halogenated alkanes) is 1. The van der Waals surface area contributed by atoms with Crippen LogP contribution in [0.2, 0.25) is 0 Å². The molecule has 2 N–H and O–H groups in total. The lowest BCUT2D eigenvalue weighted by atomic mass is 9.96. The SMILES string of the molecule is CCCCOCCCNC(=O)c1n[nH]c(C(C)(C)C)n1. The molecule has 0 aromatic carbocycles. The summed E-state index contributed by atoms with van der Waals surface area (Å²) in [4.78, 5) is 16.0. The van der Waals surface area contributed by atoms with Crippen LogP contribution < -0.4 is 5.32 Å². The summed E-state index contributed by atoms with van der Waals surface area (Å²) in [6, 6.07) is 0. The van der Waals surface area contributed by atoms with Gasteiger partial charge in [-0.05, 0) is 12.8 Å². The van der Waals surface area contributed by atoms with Crippen LogP contribution >= 0.6 is 0 Å². The molecule has 1 aromatic rings. The predicted molar refractivity (Wildman–Crippen MR) is 77.8 cm³/mol. The van der Waals surface area contributed by atoms with Gasteiger partial charge in [0.15, 0.2) is 0 Å². The van der Waals surface area contributed by atoms with Gasteiger partial charge in [-0.3, -0.25) is 9.89 Å². The maximum atomic E-state index is 11.8. The second kappa shape index (κ2) is 7.99. The number of hydrogen-bond acceptors (Lipinski definition) is 4. The zero-order valence-corrected chi connectivity index (χ0v) is 13.0. The predicted octanol–water partition coefficient (Wildman–Crippen LogP) is 2.04. The molecule has 0 unspecified atom stereocenters. The van der Waals surface area contributed by atoms with Crippen LogP contribution in [-0.2, 0) is 10.2 Å². The molecule has 0 bridgehead atoms. The number of carbonyl (C=O) groups excluding carboxylic acids is 1. The Hall–Kier alpha value is -1.43. The molecule has 0 saturated heterocycles. The maximum absolute atomic E-state index is 11.8. The van der Waals surface area contributed by atoms with E-state index in [0.717, 1.165) is 25.9 Å². The third kappa shape index (κ3) is 5.69. The van der Waals surface area contributed by atoms with Crippen LogP contribution in [0.5, 0.6) is 0 Å². The van der Waals surface area contributed by atoms with Crippen LogP contribution in [0.4, 0.5) is 0 Å². The Morgan fingerprint density at radius 3 is 2.60 bits per heavy atom. The lowest BCUT2D eigenvalue weighted by molar-refractivity contribution is 0.0930. The summed E-state index contributed by atoms with van der Waals surface area (Å²) in [5.74, 6) is 0.665. The molecule has 1 aromatic heterocycles. The topological polar surface area (TPSA) is 79.9 Å². The molecule has 6 nitrogen and oxygen atoms in total. The number of carbonyl (C=O) groups is 1. The second-order valence-corrected chi connectivity index (χ2v) is 5.83. The molecule has 114 valence electrons. The summed E-state index contributed by atoms with van der Waals surface area (Å²) in [5.41, 5.74) is -0.140. The molecule has 0 saturated carbocycles. The summed E-state index contributed by atoms with van der Waals surface area (Å²) < 4.78 is 5.42. The zero-order valence-electron chi connectivity index (χ0n) is 13.0. The number of aromatic amines is 1. The van der Waals surface area contributed by atoms with E-state index in [2.05, 4.69) is 27.4 Å². The number of ether oxygens (including phenoxy) is 1. The van der Waals surface area contributed by atoms with Crippen molar-refractivity contribution >= 4 is 5.91 Å². The summed E-state index contributed by atoms with van der Waals surface area (Å²) >= 11 is 0. The van der Waals surface area contributed by atoms with Crippen molar-refractivity contribution in [3.05, 3.63) is 11.6 Å². The molecule has 0 fully saturated rings. The molecular weight excluding hydrogens is 256 g/mol. The largest absolute Gasteiger partial charge is 0.381 e. The number of H-pyrrole nitrogens is 1. The molecule has 0 aliphatic rings. The monoisotopic (exact) mass is 282 g/mol. The van der Waals surface area contributed by atoms with E-state index < -0.39 is 0 Å². The molecule has 6 heteroatoms. The fourth-order valence-electron chi connectivity index (χ4n) is 1.50. The van der Waals surface area contributed by atoms with Crippen molar-refractivity contribution in [3.63, 3.8) is 0 Å². The highest BCUT2D eigenvalue weighted by Gasteiger charge is 2.20. The minimum absolute atomic E-state index is 0.140. The van der Waals surface area contributed by atoms with E-state index in [4.69, 9.17) is 4.74 Å². The van der Waals surface area contributed by atoms with Crippen molar-refractivity contribution in [2.75, 3.05) is 19.8 Å². The van der Waals surface area contributed by atoms with E-state index in [1.54, 1.807) is 0 Å². The van der Waals surface area contributed by atoms with E-state index in [9.17, 15) is 4.79 Å². The van der Waals surface area contributed by atoms with Crippen molar-refractivity contribution < 1.29 is 9.53 Å². The van der Waals surface area contributed by atoms with Crippen molar-refractivity contribution in [2.24, 2.45) is 0 Å². The van der Waals surface area contributed by atoms with Crippen LogP contribution in [0.15, 0.2) is 0 Å². The molecule has 20 heavy (non-hydrogen) atoms. The zero-order chi connectivity index (χ0) is 15.0. The van der Waals surface area contributed by atoms with E-state index in [1.807, 2.05) is 20.8 Å². The van der Waals surface area contributed by atoms with Gasteiger partial charge in [0.2, 0.25) is 5.82 Å². The molecule has 0 aliphatic carbocycles. The average molecular weight is 282 g/mol. The van der Waals surface area contributed by atoms with Crippen LogP contribution in [0, 0.1) is 0 Å². The van der Waals surface area contributed by atoms with Crippen LogP contribution in [0.25, 0.3) is 0 Å². The molecule has 1 heterocycles. The summed E-state index contributed by atoms with van der Waals surface area (Å²) in [7, 11) is 0. The quantitative estimate of drug-likeness (QED) is 0.715. The molecule has 0 aliphatic heterocycles. The van der Waals surface area contributed by atoms with Crippen LogP contribution in [0.3, 0.4) is 0 Å². The van der Waals surface area contributed by atoms with Gasteiger partial charge in [-0.25, -0.2) is 4.98 Å². The van der Waals surface area contributed by atoms with Gasteiger partial charge in [0.05, 0.1) is 0 Å². The number of aromatic nitrogens is 3. The van der Waals surface area contributed by atoms with Gasteiger partial charge >= 0.3 is 0 Å². The van der Waals surface area contributed by atoms with Crippen LogP contribution in [0.1, 0.15) is 63.4 Å². The number of hydrogen-bond donors (Lipinski definition) is 2. The first-order chi connectivity index (χ1) is 9.45. The second-order valence-electron chi connectivity index (χ2n) is 5.83. The summed E-state index contributed by atoms with van der Waals surface area (Å²) in [6.45, 7) is 10.2. The van der Waals surface area contributed by atoms with E-state index in [1.165, 1.54) is 0 Å². The third-order valence-corrected chi connectivity index (χ3v) is 2.79. The highest BCUT2D eigenvalue weighted by molar-refractivity contribution is 5.90. The fourth-order valence-corrected chi connectivity index (χ4v) is 1.50. The van der Waals surface area contributed by atoms with Crippen molar-refractivity contribution in [2.45, 2.75) is 52.4 Å². The van der Waals surface area contributed by atoms with Gasteiger partial charge in [0, 0.05) is 25.2 Å². The molecule has 1 rings (SSSR count). The Kier molecular flexibility index (Phi) is 6.64. The minimum Gasteiger partial charge on any atom is -0.381 e. The third-order valence-electron chi connectivity index (χ3n) is 2.79. The van der Waals surface area contributed by atoms with Gasteiger partial charge in [-0.2, -0.15) is 0 Å². The first-order valence-corrected chi connectivity index (χ1v) is 7.24. The Balaban J connectivity index is 2.24. The fraction of sp³-hybridized carbons (Fsp3) is 0.786. The van der Waals surface area contributed by atoms with Crippen molar-refractivity contribution in [1.29, 1.82) is 0 Å². The number of rotatable bonds is 8. The Morgan fingerprint density at radius 1 is 1.30 bits per heavy atom. The Bertz CT molecular complexity index is 410. The van der Waals surface area contributed by atoms with Gasteiger partial charge in [-0.1, -0.05) is 34.1 Å². The Morgan fingerprint density at radius 2 is 2.00 bits per heavy atom. The lowest BCUT2D eigenvalue weighted by Crippen LogP contribution is -2.26. The normalized spacial score (nSPS) is 11.6. The smallest absolute Gasteiger partial charge is 0.290 e. The molecule has 0 radical (unpaired) electrons. The number of nitrogens with one attached hydrogen (secondary N) is 2. The molecule has 0 atom stereocenters. The number of amides is 1. The lowest BCUT2D eigenvalue weighted by Gasteiger charge is -2.12. The van der Waals surface area contributed by atoms with Crippen molar-refractivity contribution in [1.82, 2.24) is 20.5 Å². The minimum atomic E-state index is -0.245. The summed E-state index contributed by atoms with van der Waals surface area (Å²) in [6.07, 6.45) is 3.02. The first kappa shape index (κ1) is 16.6. The molecule has 1 amide bonds. The van der Waals surface area contributed by atoms with E-state index >= 15 is 0 Å². The van der Waals surface area contributed by atoms with Crippen LogP contribution in [-0.4, -0.2) is 40.8 Å². The summed E-state index contributed by atoms with van der Waals surface area (Å²) in [5, 5.41) is 9.54. The van der Waals surface area contributed by atoms with Gasteiger partial charge < -0.3 is 10.1 Å². The van der Waals surface area contributed by atoms with Gasteiger partial charge in [0.25, 0.3) is 5.91 Å². The van der Waals surface area contributed by atoms with E-state index in [0.29, 0.717) is 19.0 Å². The Labute approximate surface area is 120 Å². The first-order valence-electron chi connectivity index (χ1n) is 7.24. The number of nitrogens with zero attached hydrogens (tertiary/aromatic N) is 2. The standard InChI is InChI=1S/C14H26N4O2/c1-5-6-9-20-10-7-8-15-12(19)11-16-13(18-17-11)14(2,3)4/h5-10H2,1-4H3,(H,15,19)(H,16,17,18). The molecule has 0 spiro atoms. The maximum Gasteiger partial charge on any atom is 0.290 e. The highest BCUT2D eigenvalue weighted by Crippen LogP contribution is 2.17. The van der Waals surface area contributed by atoms with Gasteiger partial charge in [0.1, 0.15) is 5.82 Å².